The van der Waals surface area contributed by atoms with Crippen LogP contribution in [0, 0.1) is 5.92 Å². The number of likely N-dealkylation sites (tertiary alicyclic amines) is 1. The largest absolute Gasteiger partial charge is 0.508 e. The van der Waals surface area contributed by atoms with Crippen LogP contribution in [0.25, 0.3) is 21.5 Å². The zero-order valence-corrected chi connectivity index (χ0v) is 47.1. The van der Waals surface area contributed by atoms with E-state index in [0.717, 1.165) is 21.5 Å². The fraction of sp³-hybridized carbons (Fsp3) is 0.400. The minimum absolute atomic E-state index is 0.0169. The Morgan fingerprint density at radius 2 is 1.04 bits per heavy atom. The Morgan fingerprint density at radius 3 is 1.54 bits per heavy atom. The summed E-state index contributed by atoms with van der Waals surface area (Å²) in [4.78, 5) is 130. The van der Waals surface area contributed by atoms with Crippen molar-refractivity contribution in [2.24, 2.45) is 28.1 Å². The normalized spacial score (nSPS) is 15.5. The summed E-state index contributed by atoms with van der Waals surface area (Å²) in [7, 11) is 0. The highest BCUT2D eigenvalue weighted by atomic mass is 16.3. The molecule has 0 aliphatic carbocycles. The summed E-state index contributed by atoms with van der Waals surface area (Å²) < 4.78 is 0. The van der Waals surface area contributed by atoms with E-state index in [1.807, 2.05) is 92.7 Å². The molecule has 0 spiro atoms. The Labute approximate surface area is 481 Å². The highest BCUT2D eigenvalue weighted by Crippen LogP contribution is 2.22. The van der Waals surface area contributed by atoms with E-state index in [-0.39, 0.29) is 75.7 Å². The van der Waals surface area contributed by atoms with Crippen LogP contribution in [-0.4, -0.2) is 142 Å². The lowest BCUT2D eigenvalue weighted by Crippen LogP contribution is -2.61. The maximum atomic E-state index is 14.9. The molecule has 442 valence electrons. The average Bonchev–Trinajstić information content (AvgIpc) is 4.22. The molecule has 5 aromatic carbocycles. The first-order chi connectivity index (χ1) is 39.6. The van der Waals surface area contributed by atoms with Crippen LogP contribution in [0.4, 0.5) is 0 Å². The van der Waals surface area contributed by atoms with Crippen molar-refractivity contribution in [2.45, 2.75) is 127 Å². The van der Waals surface area contributed by atoms with Gasteiger partial charge in [0.2, 0.25) is 53.2 Å². The number of aliphatic hydroxyl groups is 1. The van der Waals surface area contributed by atoms with Crippen LogP contribution in [0.1, 0.15) is 76.5 Å². The van der Waals surface area contributed by atoms with Gasteiger partial charge in [-0.25, -0.2) is 0 Å². The standard InChI is InChI=1S/C60H76N12O11/c1-34(2)27-46(53(77)67-45(15-9-25-64-60(62)63)59(83)72-26-10-16-51(72)58(82)65-35(3)52(61)76)68-56(80)49(32-39-18-22-41-12-6-8-14-43(41)29-39)69-55(79)48(30-37-19-23-44(75)24-20-37)70-57(81)50(33-73)71-54(78)47(66-36(4)74)31-38-17-21-40-11-5-7-13-42(40)28-38/h5-8,11-14,17-24,28-29,34-35,45-51,73,75H,9-10,15-16,25-27,30-33H2,1-4H3,(H2,61,76)(H,65,82)(H,66,74)(H,67,77)(H,68,80)(H,69,79)(H,70,81)(H,71,78)(H4,62,63,64)/t35-,45+,46+,47+,48+,49+,50+,51+/m1/s1. The lowest BCUT2D eigenvalue weighted by Gasteiger charge is -2.31. The molecule has 0 unspecified atom stereocenters. The molecule has 6 rings (SSSR count). The summed E-state index contributed by atoms with van der Waals surface area (Å²) in [5.41, 5.74) is 18.3. The summed E-state index contributed by atoms with van der Waals surface area (Å²) >= 11 is 0. The molecule has 23 nitrogen and oxygen atoms in total. The number of fused-ring (bicyclic) bond motifs is 2. The number of aliphatic hydroxyl groups excluding tert-OH is 1. The monoisotopic (exact) mass is 1140 g/mol. The fourth-order valence-electron chi connectivity index (χ4n) is 9.85. The molecule has 1 aliphatic heterocycles. The number of phenolic OH excluding ortho intramolecular Hbond substituents is 1. The van der Waals surface area contributed by atoms with Gasteiger partial charge in [-0.3, -0.25) is 48.1 Å². The lowest BCUT2D eigenvalue weighted by atomic mass is 9.98. The fourth-order valence-corrected chi connectivity index (χ4v) is 9.85. The molecule has 0 radical (unpaired) electrons. The molecule has 9 amide bonds. The van der Waals surface area contributed by atoms with E-state index in [1.54, 1.807) is 6.07 Å². The number of nitrogens with two attached hydrogens (primary N) is 3. The summed E-state index contributed by atoms with van der Waals surface area (Å²) in [6.07, 6.45) is 0.701. The minimum atomic E-state index is -1.64. The number of nitrogens with zero attached hydrogens (tertiary/aromatic N) is 2. The third kappa shape index (κ3) is 18.7. The number of amides is 9. The van der Waals surface area contributed by atoms with Crippen LogP contribution < -0.4 is 54.4 Å². The van der Waals surface area contributed by atoms with Crippen molar-refractivity contribution >= 4 is 80.7 Å². The Hall–Kier alpha value is -9.12. The number of carbonyl (C=O) groups is 9. The SMILES string of the molecule is CC(=O)N[C@@H](Cc1ccc2ccccc2c1)C(=O)N[C@@H](CO)C(=O)N[C@@H](Cc1ccc(O)cc1)C(=O)N[C@@H](Cc1ccc2ccccc2c1)C(=O)N[C@@H](CC(C)C)C(=O)N[C@@H](CCCN=C(N)N)C(=O)N1CCC[C@H]1C(=O)N[C@H](C)C(N)=O. The van der Waals surface area contributed by atoms with Gasteiger partial charge in [0.25, 0.3) is 0 Å². The number of hydrogen-bond donors (Lipinski definition) is 12. The molecule has 0 aromatic heterocycles. The summed E-state index contributed by atoms with van der Waals surface area (Å²) in [5.74, 6) is -7.19. The predicted molar refractivity (Wildman–Crippen MR) is 312 cm³/mol. The molecule has 83 heavy (non-hydrogen) atoms. The molecule has 1 heterocycles. The number of aliphatic imine (C=N–C) groups is 1. The summed E-state index contributed by atoms with van der Waals surface area (Å²) in [6, 6.07) is 21.7. The maximum absolute atomic E-state index is 14.9. The molecule has 5 aromatic rings. The Bertz CT molecular complexity index is 3170. The molecule has 23 heteroatoms. The number of rotatable bonds is 28. The molecule has 1 saturated heterocycles. The van der Waals surface area contributed by atoms with Crippen LogP contribution in [0.2, 0.25) is 0 Å². The van der Waals surface area contributed by atoms with E-state index in [0.29, 0.717) is 23.1 Å². The van der Waals surface area contributed by atoms with Crippen molar-refractivity contribution in [3.8, 4) is 5.75 Å². The highest BCUT2D eigenvalue weighted by Gasteiger charge is 2.40. The summed E-state index contributed by atoms with van der Waals surface area (Å²) in [6.45, 7) is 5.64. The number of guanidine groups is 1. The zero-order valence-electron chi connectivity index (χ0n) is 47.1. The lowest BCUT2D eigenvalue weighted by molar-refractivity contribution is -0.142. The molecule has 0 saturated carbocycles. The van der Waals surface area contributed by atoms with Crippen molar-refractivity contribution in [3.63, 3.8) is 0 Å². The van der Waals surface area contributed by atoms with Gasteiger partial charge in [-0.2, -0.15) is 0 Å². The van der Waals surface area contributed by atoms with Gasteiger partial charge in [-0.15, -0.1) is 0 Å². The molecule has 1 fully saturated rings. The maximum Gasteiger partial charge on any atom is 0.245 e. The van der Waals surface area contributed by atoms with Crippen LogP contribution in [-0.2, 0) is 62.4 Å². The number of phenols is 1. The first kappa shape index (κ1) is 63.1. The highest BCUT2D eigenvalue weighted by molar-refractivity contribution is 5.99. The van der Waals surface area contributed by atoms with Crippen LogP contribution in [0.5, 0.6) is 5.75 Å². The molecule has 0 bridgehead atoms. The van der Waals surface area contributed by atoms with Crippen LogP contribution in [0.15, 0.2) is 114 Å². The van der Waals surface area contributed by atoms with Gasteiger partial charge in [0.05, 0.1) is 6.61 Å². The van der Waals surface area contributed by atoms with Gasteiger partial charge < -0.3 is 69.5 Å². The van der Waals surface area contributed by atoms with Crippen molar-refractivity contribution in [3.05, 3.63) is 126 Å². The Morgan fingerprint density at radius 1 is 0.578 bits per heavy atom. The number of primary amides is 1. The molecule has 15 N–H and O–H groups in total. The Kier molecular flexibility index (Phi) is 22.9. The predicted octanol–water partition coefficient (Wildman–Crippen LogP) is 0.728. The number of aromatic hydroxyl groups is 1. The number of benzene rings is 5. The van der Waals surface area contributed by atoms with Gasteiger partial charge in [0.15, 0.2) is 5.96 Å². The third-order valence-electron chi connectivity index (χ3n) is 14.2. The zero-order chi connectivity index (χ0) is 60.3. The van der Waals surface area contributed by atoms with Crippen molar-refractivity contribution in [1.82, 2.24) is 42.1 Å². The van der Waals surface area contributed by atoms with Gasteiger partial charge in [0.1, 0.15) is 54.1 Å². The van der Waals surface area contributed by atoms with Gasteiger partial charge >= 0.3 is 0 Å². The van der Waals surface area contributed by atoms with E-state index < -0.39 is 108 Å². The Balaban J connectivity index is 1.27. The molecule has 1 aliphatic rings. The topological polar surface area (TPSA) is 372 Å². The number of nitrogens with one attached hydrogen (secondary N) is 7. The van der Waals surface area contributed by atoms with E-state index in [2.05, 4.69) is 42.2 Å². The van der Waals surface area contributed by atoms with Crippen LogP contribution >= 0.6 is 0 Å². The van der Waals surface area contributed by atoms with E-state index >= 15 is 0 Å². The van der Waals surface area contributed by atoms with Crippen LogP contribution in [0.3, 0.4) is 0 Å². The third-order valence-corrected chi connectivity index (χ3v) is 14.2. The molecule has 8 atom stereocenters. The number of hydrogen-bond acceptors (Lipinski definition) is 12. The second-order valence-corrected chi connectivity index (χ2v) is 21.3. The van der Waals surface area contributed by atoms with Crippen molar-refractivity contribution in [1.29, 1.82) is 0 Å². The van der Waals surface area contributed by atoms with E-state index in [1.165, 1.54) is 43.0 Å². The van der Waals surface area contributed by atoms with E-state index in [4.69, 9.17) is 17.2 Å². The molecular weight excluding hydrogens is 1060 g/mol. The van der Waals surface area contributed by atoms with E-state index in [9.17, 15) is 53.4 Å². The van der Waals surface area contributed by atoms with Gasteiger partial charge in [0, 0.05) is 39.3 Å². The first-order valence-corrected chi connectivity index (χ1v) is 27.7. The van der Waals surface area contributed by atoms with Gasteiger partial charge in [-0.05, 0) is 95.3 Å². The molecular formula is C60H76N12O11. The second kappa shape index (κ2) is 30.1. The smallest absolute Gasteiger partial charge is 0.245 e. The van der Waals surface area contributed by atoms with Crippen molar-refractivity contribution < 1.29 is 53.4 Å². The average molecular weight is 1140 g/mol. The minimum Gasteiger partial charge on any atom is -0.508 e. The first-order valence-electron chi connectivity index (χ1n) is 27.7. The second-order valence-electron chi connectivity index (χ2n) is 21.3. The van der Waals surface area contributed by atoms with Crippen molar-refractivity contribution in [2.75, 3.05) is 19.7 Å². The quantitative estimate of drug-likeness (QED) is 0.0187. The number of carbonyl (C=O) groups excluding carboxylic acids is 9. The summed E-state index contributed by atoms with van der Waals surface area (Å²) in [5, 5.41) is 43.0. The van der Waals surface area contributed by atoms with Gasteiger partial charge in [-0.1, -0.05) is 111 Å².